The van der Waals surface area contributed by atoms with Crippen molar-refractivity contribution in [1.82, 2.24) is 39.5 Å². The fourth-order valence-electron chi connectivity index (χ4n) is 8.37. The maximum Gasteiger partial charge on any atom is 0.320 e. The molecule has 2 aliphatic heterocycles. The minimum absolute atomic E-state index is 0.162. The number of pyridine rings is 1. The maximum atomic E-state index is 13.8. The lowest BCUT2D eigenvalue weighted by atomic mass is 9.85. The first-order valence-corrected chi connectivity index (χ1v) is 21.3. The van der Waals surface area contributed by atoms with Crippen LogP contribution in [0, 0.1) is 0 Å². The number of nitrogens with one attached hydrogen (secondary N) is 2. The molecule has 60 heavy (non-hydrogen) atoms. The number of nitrogens with zero attached hydrogens (tertiary/aromatic N) is 8. The van der Waals surface area contributed by atoms with Gasteiger partial charge in [0, 0.05) is 49.8 Å². The molecule has 5 heterocycles. The van der Waals surface area contributed by atoms with Crippen LogP contribution in [0.4, 0.5) is 16.6 Å². The summed E-state index contributed by atoms with van der Waals surface area (Å²) in [5.41, 5.74) is 4.40. The van der Waals surface area contributed by atoms with Crippen molar-refractivity contribution in [2.45, 2.75) is 89.8 Å². The highest BCUT2D eigenvalue weighted by molar-refractivity contribution is 5.89. The van der Waals surface area contributed by atoms with Gasteiger partial charge in [-0.3, -0.25) is 19.4 Å². The number of carboxylic acid groups (broad SMARTS) is 1. The number of fused-ring (bicyclic) bond motifs is 2. The van der Waals surface area contributed by atoms with Crippen LogP contribution in [0.1, 0.15) is 95.2 Å². The van der Waals surface area contributed by atoms with Crippen LogP contribution in [-0.4, -0.2) is 111 Å². The molecular weight excluding hydrogens is 761 g/mol. The van der Waals surface area contributed by atoms with Gasteiger partial charge in [0.1, 0.15) is 30.0 Å². The maximum absolute atomic E-state index is 13.8. The molecule has 2 aromatic carbocycles. The van der Waals surface area contributed by atoms with E-state index in [1.165, 1.54) is 12.8 Å². The SMILES string of the molecule is C[C@H]1CCCCN1c1nnc2ccc(O[C@@H]3CC[C@H](NC(=O)Nc4cc(C(C)(C)C)nn4-c4cccc(OCCN5CCCN(C)CC5)c4)c4ccccc43)cn12.O=CO. The van der Waals surface area contributed by atoms with E-state index in [1.807, 2.05) is 60.8 Å². The van der Waals surface area contributed by atoms with Crippen molar-refractivity contribution in [1.29, 1.82) is 0 Å². The summed E-state index contributed by atoms with van der Waals surface area (Å²) in [6.07, 6.45) is 8.04. The Morgan fingerprint density at radius 3 is 2.52 bits per heavy atom. The Balaban J connectivity index is 0.00000176. The first-order chi connectivity index (χ1) is 29.0. The fraction of sp³-hybridized carbons (Fsp3) is 0.489. The Hall–Kier alpha value is -5.67. The van der Waals surface area contributed by atoms with Gasteiger partial charge in [-0.15, -0.1) is 10.2 Å². The van der Waals surface area contributed by atoms with E-state index in [0.717, 1.165) is 111 Å². The molecule has 2 amide bonds. The van der Waals surface area contributed by atoms with Crippen molar-refractivity contribution in [3.8, 4) is 17.2 Å². The van der Waals surface area contributed by atoms with Crippen LogP contribution >= 0.6 is 0 Å². The number of carbonyl (C=O) groups excluding carboxylic acids is 1. The number of ether oxygens (including phenoxy) is 2. The van der Waals surface area contributed by atoms with Crippen LogP contribution in [0.2, 0.25) is 0 Å². The van der Waals surface area contributed by atoms with Gasteiger partial charge in [-0.05, 0) is 101 Å². The van der Waals surface area contributed by atoms with E-state index in [4.69, 9.17) is 24.5 Å². The molecule has 0 unspecified atom stereocenters. The largest absolute Gasteiger partial charge is 0.492 e. The van der Waals surface area contributed by atoms with Crippen molar-refractivity contribution in [3.63, 3.8) is 0 Å². The van der Waals surface area contributed by atoms with Crippen molar-refractivity contribution in [2.75, 3.05) is 63.1 Å². The molecule has 3 N–H and O–H groups in total. The number of amides is 2. The molecule has 5 aromatic rings. The zero-order valence-electron chi connectivity index (χ0n) is 35.6. The molecule has 0 bridgehead atoms. The van der Waals surface area contributed by atoms with E-state index in [9.17, 15) is 4.79 Å². The first-order valence-electron chi connectivity index (χ1n) is 21.3. The number of piperidine rings is 1. The lowest BCUT2D eigenvalue weighted by Crippen LogP contribution is -2.38. The van der Waals surface area contributed by atoms with Crippen LogP contribution in [0.5, 0.6) is 11.5 Å². The van der Waals surface area contributed by atoms with Crippen LogP contribution in [0.3, 0.4) is 0 Å². The van der Waals surface area contributed by atoms with E-state index in [0.29, 0.717) is 18.5 Å². The Morgan fingerprint density at radius 2 is 1.72 bits per heavy atom. The van der Waals surface area contributed by atoms with E-state index in [-0.39, 0.29) is 30.1 Å². The number of likely N-dealkylation sites (N-methyl/N-ethyl adjacent to an activating group) is 1. The number of aromatic nitrogens is 5. The zero-order chi connectivity index (χ0) is 42.2. The predicted molar refractivity (Wildman–Crippen MR) is 233 cm³/mol. The Bertz CT molecular complexity index is 2220. The van der Waals surface area contributed by atoms with Gasteiger partial charge in [0.05, 0.1) is 23.6 Å². The first kappa shape index (κ1) is 42.5. The van der Waals surface area contributed by atoms with Crippen molar-refractivity contribution in [3.05, 3.63) is 89.7 Å². The molecule has 1 aliphatic carbocycles. The smallest absolute Gasteiger partial charge is 0.320 e. The summed E-state index contributed by atoms with van der Waals surface area (Å²) in [7, 11) is 2.19. The van der Waals surface area contributed by atoms with Gasteiger partial charge in [-0.1, -0.05) is 51.1 Å². The third kappa shape index (κ3) is 10.2. The fourth-order valence-corrected chi connectivity index (χ4v) is 8.37. The number of urea groups is 1. The van der Waals surface area contributed by atoms with Gasteiger partial charge in [0.2, 0.25) is 5.95 Å². The molecule has 2 saturated heterocycles. The predicted octanol–water partition coefficient (Wildman–Crippen LogP) is 7.09. The van der Waals surface area contributed by atoms with Gasteiger partial charge in [0.25, 0.3) is 6.47 Å². The summed E-state index contributed by atoms with van der Waals surface area (Å²) in [4.78, 5) is 29.4. The summed E-state index contributed by atoms with van der Waals surface area (Å²) in [6, 6.07) is 22.0. The highest BCUT2D eigenvalue weighted by Gasteiger charge is 2.31. The molecular formula is C45H60N10O5. The average molecular weight is 821 g/mol. The molecule has 0 spiro atoms. The molecule has 0 radical (unpaired) electrons. The summed E-state index contributed by atoms with van der Waals surface area (Å²) in [5, 5.41) is 27.3. The molecule has 3 aliphatic rings. The number of carbonyl (C=O) groups is 2. The minimum Gasteiger partial charge on any atom is -0.492 e. The topological polar surface area (TPSA) is 155 Å². The molecule has 3 aromatic heterocycles. The number of hydrogen-bond donors (Lipinski definition) is 3. The molecule has 8 rings (SSSR count). The van der Waals surface area contributed by atoms with Crippen LogP contribution in [0.25, 0.3) is 11.3 Å². The lowest BCUT2D eigenvalue weighted by Gasteiger charge is -2.33. The van der Waals surface area contributed by atoms with E-state index < -0.39 is 0 Å². The third-order valence-corrected chi connectivity index (χ3v) is 11.7. The van der Waals surface area contributed by atoms with Gasteiger partial charge in [0.15, 0.2) is 5.65 Å². The molecule has 2 fully saturated rings. The van der Waals surface area contributed by atoms with Crippen LogP contribution < -0.4 is 25.0 Å². The Labute approximate surface area is 352 Å². The summed E-state index contributed by atoms with van der Waals surface area (Å²) in [5.74, 6) is 3.00. The molecule has 3 atom stereocenters. The monoisotopic (exact) mass is 820 g/mol. The summed E-state index contributed by atoms with van der Waals surface area (Å²) < 4.78 is 16.8. The zero-order valence-corrected chi connectivity index (χ0v) is 35.6. The second-order valence-corrected chi connectivity index (χ2v) is 17.1. The number of hydrogen-bond acceptors (Lipinski definition) is 10. The van der Waals surface area contributed by atoms with Crippen molar-refractivity contribution >= 4 is 29.9 Å². The molecule has 320 valence electrons. The Kier molecular flexibility index (Phi) is 13.5. The van der Waals surface area contributed by atoms with E-state index >= 15 is 0 Å². The Morgan fingerprint density at radius 1 is 0.900 bits per heavy atom. The number of rotatable bonds is 10. The second-order valence-electron chi connectivity index (χ2n) is 17.1. The molecule has 15 heteroatoms. The van der Waals surface area contributed by atoms with Gasteiger partial charge >= 0.3 is 6.03 Å². The van der Waals surface area contributed by atoms with Crippen molar-refractivity contribution < 1.29 is 24.2 Å². The van der Waals surface area contributed by atoms with Gasteiger partial charge in [-0.2, -0.15) is 5.10 Å². The van der Waals surface area contributed by atoms with Crippen molar-refractivity contribution in [2.24, 2.45) is 0 Å². The lowest BCUT2D eigenvalue weighted by molar-refractivity contribution is -0.122. The quantitative estimate of drug-likeness (QED) is 0.124. The van der Waals surface area contributed by atoms with E-state index in [1.54, 1.807) is 4.68 Å². The minimum atomic E-state index is -0.288. The average Bonchev–Trinajstić information content (AvgIpc) is 3.79. The molecule has 0 saturated carbocycles. The standard InChI is InChI=1S/C44H58N10O3.CH2O2/c1-31-12-8-9-23-52(31)43-48-47-40-20-17-34(30-53(40)43)57-38-19-18-37(35-15-6-7-16-36(35)38)45-42(55)46-41-29-39(44(2,3)4)49-54(41)32-13-10-14-33(28-32)56-27-26-51-22-11-21-50(5)24-25-51;2-1-3/h6-7,10,13-17,20,28-31,37-38H,8-9,11-12,18-19,21-27H2,1-5H3,(H2,45,46,55);1H,(H,2,3)/t31-,37-,38+;/m0./s1. The number of anilines is 2. The van der Waals surface area contributed by atoms with Gasteiger partial charge < -0.3 is 29.7 Å². The molecule has 15 nitrogen and oxygen atoms in total. The van der Waals surface area contributed by atoms with Crippen LogP contribution in [0.15, 0.2) is 72.9 Å². The highest BCUT2D eigenvalue weighted by atomic mass is 16.5. The highest BCUT2D eigenvalue weighted by Crippen LogP contribution is 2.39. The summed E-state index contributed by atoms with van der Waals surface area (Å²) in [6.45, 7) is 15.2. The van der Waals surface area contributed by atoms with Gasteiger partial charge in [-0.25, -0.2) is 9.48 Å². The summed E-state index contributed by atoms with van der Waals surface area (Å²) >= 11 is 0. The second kappa shape index (κ2) is 19.1. The number of benzene rings is 2. The normalized spacial score (nSPS) is 20.0. The third-order valence-electron chi connectivity index (χ3n) is 11.7. The van der Waals surface area contributed by atoms with E-state index in [2.05, 4.69) is 86.8 Å². The van der Waals surface area contributed by atoms with Crippen LogP contribution in [-0.2, 0) is 10.2 Å².